The lowest BCUT2D eigenvalue weighted by Crippen LogP contribution is -2.47. The molecule has 2 N–H and O–H groups in total. The van der Waals surface area contributed by atoms with Gasteiger partial charge in [0, 0.05) is 25.0 Å². The Labute approximate surface area is 155 Å². The molecule has 1 aromatic carbocycles. The molecule has 5 rings (SSSR count). The van der Waals surface area contributed by atoms with Crippen molar-refractivity contribution >= 4 is 17.2 Å². The smallest absolute Gasteiger partial charge is 0.265 e. The zero-order chi connectivity index (χ0) is 17.7. The van der Waals surface area contributed by atoms with Gasteiger partial charge in [-0.25, -0.2) is 10.4 Å². The van der Waals surface area contributed by atoms with Gasteiger partial charge in [0.25, 0.3) is 5.91 Å². The molecule has 0 spiro atoms. The molecule has 3 unspecified atom stereocenters. The second-order valence-electron chi connectivity index (χ2n) is 6.96. The summed E-state index contributed by atoms with van der Waals surface area (Å²) >= 11 is 1.42. The average molecular weight is 372 g/mol. The molecule has 1 amide bonds. The monoisotopic (exact) mass is 372 g/mol. The lowest BCUT2D eigenvalue weighted by Gasteiger charge is -2.36. The maximum Gasteiger partial charge on any atom is 0.265 e. The summed E-state index contributed by atoms with van der Waals surface area (Å²) in [6.07, 6.45) is 0.933. The number of aryl methyl sites for hydroxylation is 1. The fourth-order valence-electron chi connectivity index (χ4n) is 4.08. The highest BCUT2D eigenvalue weighted by Gasteiger charge is 2.42. The average Bonchev–Trinajstić information content (AvgIpc) is 3.38. The zero-order valence-electron chi connectivity index (χ0n) is 14.4. The van der Waals surface area contributed by atoms with Crippen molar-refractivity contribution in [3.8, 4) is 11.5 Å². The van der Waals surface area contributed by atoms with Crippen molar-refractivity contribution in [2.45, 2.75) is 25.4 Å². The third kappa shape index (κ3) is 2.56. The summed E-state index contributed by atoms with van der Waals surface area (Å²) in [4.78, 5) is 19.8. The number of nitrogens with one attached hydrogen (secondary N) is 2. The number of carbonyl (C=O) groups excluding carboxylic acids is 1. The molecule has 2 aromatic rings. The van der Waals surface area contributed by atoms with Crippen LogP contribution >= 0.6 is 11.3 Å². The zero-order valence-corrected chi connectivity index (χ0v) is 15.2. The second kappa shape index (κ2) is 6.22. The number of amides is 1. The highest BCUT2D eigenvalue weighted by atomic mass is 32.1. The van der Waals surface area contributed by atoms with Gasteiger partial charge >= 0.3 is 0 Å². The third-order valence-corrected chi connectivity index (χ3v) is 6.41. The van der Waals surface area contributed by atoms with E-state index in [2.05, 4.69) is 21.9 Å². The quantitative estimate of drug-likeness (QED) is 0.838. The molecule has 0 saturated carbocycles. The fourth-order valence-corrected chi connectivity index (χ4v) is 4.84. The van der Waals surface area contributed by atoms with Crippen LogP contribution in [0.5, 0.6) is 11.5 Å². The van der Waals surface area contributed by atoms with E-state index in [1.54, 1.807) is 5.51 Å². The molecule has 3 atom stereocenters. The lowest BCUT2D eigenvalue weighted by atomic mass is 9.85. The fraction of sp³-hybridized carbons (Fsp3) is 0.444. The van der Waals surface area contributed by atoms with Gasteiger partial charge in [-0.3, -0.25) is 10.2 Å². The summed E-state index contributed by atoms with van der Waals surface area (Å²) in [7, 11) is 0. The second-order valence-corrected chi connectivity index (χ2v) is 7.81. The number of nitrogens with zero attached hydrogens (tertiary/aromatic N) is 2. The number of ether oxygens (including phenoxy) is 2. The minimum Gasteiger partial charge on any atom is -0.454 e. The lowest BCUT2D eigenvalue weighted by molar-refractivity contribution is 0.0656. The van der Waals surface area contributed by atoms with E-state index in [9.17, 15) is 4.79 Å². The van der Waals surface area contributed by atoms with E-state index in [0.29, 0.717) is 12.0 Å². The molecule has 3 aliphatic rings. The molecule has 2 saturated heterocycles. The number of piperidine rings is 1. The van der Waals surface area contributed by atoms with Crippen LogP contribution in [-0.4, -0.2) is 41.7 Å². The number of aromatic nitrogens is 1. The van der Waals surface area contributed by atoms with Crippen LogP contribution in [-0.2, 0) is 0 Å². The standard InChI is InChI=1S/C18H20N4O3S/c1-10-17(26-8-19-10)18(23)22-5-4-13-12(7-22)16(21-20-13)11-2-3-14-15(6-11)25-9-24-14/h2-3,6,8,12-13,16,20-21H,4-5,7,9H2,1H3. The molecule has 7 nitrogen and oxygen atoms in total. The van der Waals surface area contributed by atoms with Crippen molar-refractivity contribution in [2.75, 3.05) is 19.9 Å². The molecule has 0 bridgehead atoms. The van der Waals surface area contributed by atoms with E-state index in [4.69, 9.17) is 9.47 Å². The van der Waals surface area contributed by atoms with Crippen LogP contribution in [0.4, 0.5) is 0 Å². The SMILES string of the molecule is Cc1ncsc1C(=O)N1CCC2NNC(c3ccc4c(c3)OCO4)C2C1. The normalized spacial score (nSPS) is 26.8. The molecule has 4 heterocycles. The number of likely N-dealkylation sites (tertiary alicyclic amines) is 1. The first-order valence-corrected chi connectivity index (χ1v) is 9.68. The first-order valence-electron chi connectivity index (χ1n) is 8.80. The van der Waals surface area contributed by atoms with Crippen molar-refractivity contribution in [3.05, 3.63) is 39.8 Å². The van der Waals surface area contributed by atoms with Gasteiger partial charge in [-0.1, -0.05) is 6.07 Å². The maximum absolute atomic E-state index is 12.9. The summed E-state index contributed by atoms with van der Waals surface area (Å²) in [6.45, 7) is 3.65. The molecule has 1 aromatic heterocycles. The Hall–Kier alpha value is -2.16. The Kier molecular flexibility index (Phi) is 3.84. The number of benzene rings is 1. The largest absolute Gasteiger partial charge is 0.454 e. The molecular formula is C18H20N4O3S. The van der Waals surface area contributed by atoms with Crippen LogP contribution in [0.25, 0.3) is 0 Å². The highest BCUT2D eigenvalue weighted by Crippen LogP contribution is 2.39. The Morgan fingerprint density at radius 3 is 3.04 bits per heavy atom. The minimum atomic E-state index is 0.0970. The molecular weight excluding hydrogens is 352 g/mol. The first-order chi connectivity index (χ1) is 12.7. The highest BCUT2D eigenvalue weighted by molar-refractivity contribution is 7.11. The van der Waals surface area contributed by atoms with Crippen molar-refractivity contribution in [2.24, 2.45) is 5.92 Å². The molecule has 136 valence electrons. The third-order valence-electron chi connectivity index (χ3n) is 5.49. The summed E-state index contributed by atoms with van der Waals surface area (Å²) in [5.41, 5.74) is 10.5. The predicted octanol–water partition coefficient (Wildman–Crippen LogP) is 1.86. The van der Waals surface area contributed by atoms with Gasteiger partial charge in [0.15, 0.2) is 11.5 Å². The van der Waals surface area contributed by atoms with Crippen LogP contribution in [0, 0.1) is 12.8 Å². The molecule has 0 radical (unpaired) electrons. The number of hydrogen-bond acceptors (Lipinski definition) is 7. The predicted molar refractivity (Wildman–Crippen MR) is 96.2 cm³/mol. The number of thiazole rings is 1. The van der Waals surface area contributed by atoms with E-state index < -0.39 is 0 Å². The van der Waals surface area contributed by atoms with Gasteiger partial charge in [0.05, 0.1) is 17.2 Å². The van der Waals surface area contributed by atoms with Gasteiger partial charge in [0.2, 0.25) is 6.79 Å². The number of rotatable bonds is 2. The Balaban J connectivity index is 1.38. The topological polar surface area (TPSA) is 75.7 Å². The Morgan fingerprint density at radius 2 is 2.19 bits per heavy atom. The van der Waals surface area contributed by atoms with E-state index in [-0.39, 0.29) is 18.7 Å². The van der Waals surface area contributed by atoms with Crippen LogP contribution in [0.3, 0.4) is 0 Å². The molecule has 26 heavy (non-hydrogen) atoms. The van der Waals surface area contributed by atoms with E-state index in [0.717, 1.165) is 47.1 Å². The summed E-state index contributed by atoms with van der Waals surface area (Å²) in [5, 5.41) is 0. The van der Waals surface area contributed by atoms with E-state index >= 15 is 0 Å². The molecule has 2 fully saturated rings. The van der Waals surface area contributed by atoms with Gasteiger partial charge < -0.3 is 14.4 Å². The van der Waals surface area contributed by atoms with Crippen molar-refractivity contribution in [1.82, 2.24) is 20.7 Å². The molecule has 8 heteroatoms. The summed E-state index contributed by atoms with van der Waals surface area (Å²) < 4.78 is 10.9. The number of carbonyl (C=O) groups is 1. The number of hydrogen-bond donors (Lipinski definition) is 2. The Morgan fingerprint density at radius 1 is 1.31 bits per heavy atom. The molecule has 3 aliphatic heterocycles. The van der Waals surface area contributed by atoms with E-state index in [1.807, 2.05) is 24.0 Å². The van der Waals surface area contributed by atoms with Crippen molar-refractivity contribution < 1.29 is 14.3 Å². The minimum absolute atomic E-state index is 0.0970. The van der Waals surface area contributed by atoms with E-state index in [1.165, 1.54) is 11.3 Å². The van der Waals surface area contributed by atoms with Crippen LogP contribution in [0.15, 0.2) is 23.7 Å². The van der Waals surface area contributed by atoms with Crippen LogP contribution in [0.1, 0.15) is 33.4 Å². The maximum atomic E-state index is 12.9. The van der Waals surface area contributed by atoms with Crippen molar-refractivity contribution in [1.29, 1.82) is 0 Å². The van der Waals surface area contributed by atoms with Gasteiger partial charge in [-0.15, -0.1) is 11.3 Å². The van der Waals surface area contributed by atoms with Crippen LogP contribution < -0.4 is 20.3 Å². The van der Waals surface area contributed by atoms with Crippen molar-refractivity contribution in [3.63, 3.8) is 0 Å². The summed E-state index contributed by atoms with van der Waals surface area (Å²) in [5.74, 6) is 1.98. The molecule has 0 aliphatic carbocycles. The van der Waals surface area contributed by atoms with Gasteiger partial charge in [-0.05, 0) is 31.0 Å². The van der Waals surface area contributed by atoms with Gasteiger partial charge in [-0.2, -0.15) is 0 Å². The Bertz CT molecular complexity index is 855. The first kappa shape index (κ1) is 16.0. The van der Waals surface area contributed by atoms with Gasteiger partial charge in [0.1, 0.15) is 4.88 Å². The summed E-state index contributed by atoms with van der Waals surface area (Å²) in [6, 6.07) is 6.56. The van der Waals surface area contributed by atoms with Crippen LogP contribution in [0.2, 0.25) is 0 Å². The number of hydrazine groups is 1. The number of fused-ring (bicyclic) bond motifs is 2.